The standard InChI is InChI=1S/C14H16BrN3O3/c1-14(9-6-4-5-7-10(9)15)12(20)18(13(21)16-14)8-11(19)17(2)3/h4-7H,8H2,1-3H3,(H,16,21)/t14-/m1/s1. The molecule has 2 rings (SSSR count). The molecule has 0 radical (unpaired) electrons. The van der Waals surface area contributed by atoms with Crippen LogP contribution in [0.15, 0.2) is 28.7 Å². The van der Waals surface area contributed by atoms with Crippen molar-refractivity contribution in [1.82, 2.24) is 15.1 Å². The number of imide groups is 1. The highest BCUT2D eigenvalue weighted by atomic mass is 79.9. The van der Waals surface area contributed by atoms with Gasteiger partial charge in [-0.3, -0.25) is 14.5 Å². The quantitative estimate of drug-likeness (QED) is 0.832. The number of urea groups is 1. The van der Waals surface area contributed by atoms with E-state index in [9.17, 15) is 14.4 Å². The van der Waals surface area contributed by atoms with E-state index in [1.165, 1.54) is 4.90 Å². The van der Waals surface area contributed by atoms with E-state index in [1.807, 2.05) is 6.07 Å². The minimum Gasteiger partial charge on any atom is -0.347 e. The van der Waals surface area contributed by atoms with Crippen molar-refractivity contribution in [3.63, 3.8) is 0 Å². The maximum Gasteiger partial charge on any atom is 0.325 e. The molecule has 0 bridgehead atoms. The fraction of sp³-hybridized carbons (Fsp3) is 0.357. The Morgan fingerprint density at radius 3 is 2.52 bits per heavy atom. The van der Waals surface area contributed by atoms with Crippen molar-refractivity contribution in [3.8, 4) is 0 Å². The number of halogens is 1. The third kappa shape index (κ3) is 2.65. The van der Waals surface area contributed by atoms with Crippen LogP contribution in [0, 0.1) is 0 Å². The number of carbonyl (C=O) groups is 3. The van der Waals surface area contributed by atoms with E-state index in [-0.39, 0.29) is 12.5 Å². The Labute approximate surface area is 131 Å². The first-order chi connectivity index (χ1) is 9.77. The van der Waals surface area contributed by atoms with Crippen molar-refractivity contribution in [1.29, 1.82) is 0 Å². The Balaban J connectivity index is 2.33. The Hall–Kier alpha value is -1.89. The molecular weight excluding hydrogens is 338 g/mol. The monoisotopic (exact) mass is 353 g/mol. The molecule has 1 fully saturated rings. The van der Waals surface area contributed by atoms with Gasteiger partial charge in [-0.25, -0.2) is 4.79 Å². The molecule has 1 aliphatic heterocycles. The van der Waals surface area contributed by atoms with Crippen molar-refractivity contribution < 1.29 is 14.4 Å². The molecule has 1 saturated heterocycles. The van der Waals surface area contributed by atoms with Gasteiger partial charge in [0.25, 0.3) is 5.91 Å². The Morgan fingerprint density at radius 1 is 1.33 bits per heavy atom. The number of hydrogen-bond donors (Lipinski definition) is 1. The molecule has 112 valence electrons. The van der Waals surface area contributed by atoms with Gasteiger partial charge in [-0.15, -0.1) is 0 Å². The van der Waals surface area contributed by atoms with Crippen LogP contribution >= 0.6 is 15.9 Å². The molecule has 1 aromatic carbocycles. The zero-order valence-electron chi connectivity index (χ0n) is 12.0. The topological polar surface area (TPSA) is 69.7 Å². The Kier molecular flexibility index (Phi) is 4.04. The first kappa shape index (κ1) is 15.5. The van der Waals surface area contributed by atoms with Gasteiger partial charge >= 0.3 is 6.03 Å². The molecule has 21 heavy (non-hydrogen) atoms. The highest BCUT2D eigenvalue weighted by Gasteiger charge is 2.50. The lowest BCUT2D eigenvalue weighted by atomic mass is 9.92. The second kappa shape index (κ2) is 5.48. The smallest absolute Gasteiger partial charge is 0.325 e. The molecule has 6 nitrogen and oxygen atoms in total. The van der Waals surface area contributed by atoms with Gasteiger partial charge in [-0.05, 0) is 13.0 Å². The summed E-state index contributed by atoms with van der Waals surface area (Å²) in [5, 5.41) is 2.67. The first-order valence-electron chi connectivity index (χ1n) is 6.36. The molecule has 0 aliphatic carbocycles. The predicted octanol–water partition coefficient (Wildman–Crippen LogP) is 1.30. The highest BCUT2D eigenvalue weighted by Crippen LogP contribution is 2.33. The summed E-state index contributed by atoms with van der Waals surface area (Å²) in [7, 11) is 3.15. The minimum atomic E-state index is -1.18. The maximum absolute atomic E-state index is 12.6. The summed E-state index contributed by atoms with van der Waals surface area (Å²) in [5.41, 5.74) is -0.521. The fourth-order valence-electron chi connectivity index (χ4n) is 2.17. The van der Waals surface area contributed by atoms with Crippen molar-refractivity contribution in [2.45, 2.75) is 12.5 Å². The van der Waals surface area contributed by atoms with E-state index < -0.39 is 17.5 Å². The van der Waals surface area contributed by atoms with Gasteiger partial charge in [0.2, 0.25) is 5.91 Å². The summed E-state index contributed by atoms with van der Waals surface area (Å²) in [4.78, 5) is 38.7. The average molecular weight is 354 g/mol. The van der Waals surface area contributed by atoms with Crippen LogP contribution in [0.1, 0.15) is 12.5 Å². The fourth-order valence-corrected chi connectivity index (χ4v) is 2.85. The van der Waals surface area contributed by atoms with Gasteiger partial charge in [0.1, 0.15) is 12.1 Å². The molecule has 0 aromatic heterocycles. The van der Waals surface area contributed by atoms with E-state index in [1.54, 1.807) is 39.2 Å². The lowest BCUT2D eigenvalue weighted by Gasteiger charge is -2.23. The van der Waals surface area contributed by atoms with Gasteiger partial charge in [0.15, 0.2) is 0 Å². The summed E-state index contributed by atoms with van der Waals surface area (Å²) >= 11 is 3.39. The summed E-state index contributed by atoms with van der Waals surface area (Å²) in [6.45, 7) is 1.37. The van der Waals surface area contributed by atoms with Crippen LogP contribution in [-0.2, 0) is 15.1 Å². The molecule has 1 atom stereocenters. The third-order valence-electron chi connectivity index (χ3n) is 3.48. The van der Waals surface area contributed by atoms with Crippen LogP contribution in [-0.4, -0.2) is 48.3 Å². The SMILES string of the molecule is CN(C)C(=O)CN1C(=O)N[C@](C)(c2ccccc2Br)C1=O. The molecule has 0 saturated carbocycles. The number of likely N-dealkylation sites (N-methyl/N-ethyl adjacent to an activating group) is 1. The van der Waals surface area contributed by atoms with Crippen molar-refractivity contribution in [2.75, 3.05) is 20.6 Å². The zero-order valence-corrected chi connectivity index (χ0v) is 13.6. The second-order valence-corrected chi connectivity index (χ2v) is 6.07. The number of amides is 4. The summed E-state index contributed by atoms with van der Waals surface area (Å²) in [6, 6.07) is 6.62. The van der Waals surface area contributed by atoms with E-state index >= 15 is 0 Å². The number of hydrogen-bond acceptors (Lipinski definition) is 3. The predicted molar refractivity (Wildman–Crippen MR) is 80.4 cm³/mol. The van der Waals surface area contributed by atoms with Crippen LogP contribution in [0.25, 0.3) is 0 Å². The van der Waals surface area contributed by atoms with E-state index in [0.717, 1.165) is 9.37 Å². The average Bonchev–Trinajstić information content (AvgIpc) is 2.63. The van der Waals surface area contributed by atoms with Gasteiger partial charge < -0.3 is 10.2 Å². The zero-order chi connectivity index (χ0) is 15.8. The van der Waals surface area contributed by atoms with E-state index in [2.05, 4.69) is 21.2 Å². The normalized spacial score (nSPS) is 21.4. The molecule has 7 heteroatoms. The number of nitrogens with one attached hydrogen (secondary N) is 1. The van der Waals surface area contributed by atoms with Crippen molar-refractivity contribution in [3.05, 3.63) is 34.3 Å². The number of carbonyl (C=O) groups excluding carboxylic acids is 3. The minimum absolute atomic E-state index is 0.266. The molecule has 4 amide bonds. The van der Waals surface area contributed by atoms with E-state index in [0.29, 0.717) is 5.56 Å². The van der Waals surface area contributed by atoms with Gasteiger partial charge in [0.05, 0.1) is 0 Å². The number of benzene rings is 1. The van der Waals surface area contributed by atoms with Crippen LogP contribution in [0.4, 0.5) is 4.79 Å². The first-order valence-corrected chi connectivity index (χ1v) is 7.16. The lowest BCUT2D eigenvalue weighted by molar-refractivity contribution is -0.137. The van der Waals surface area contributed by atoms with Crippen LogP contribution in [0.5, 0.6) is 0 Å². The molecule has 1 N–H and O–H groups in total. The molecule has 0 unspecified atom stereocenters. The van der Waals surface area contributed by atoms with Crippen molar-refractivity contribution >= 4 is 33.8 Å². The third-order valence-corrected chi connectivity index (χ3v) is 4.17. The second-order valence-electron chi connectivity index (χ2n) is 5.21. The van der Waals surface area contributed by atoms with Crippen molar-refractivity contribution in [2.24, 2.45) is 0 Å². The largest absolute Gasteiger partial charge is 0.347 e. The molecule has 1 aliphatic rings. The lowest BCUT2D eigenvalue weighted by Crippen LogP contribution is -2.43. The molecular formula is C14H16BrN3O3. The maximum atomic E-state index is 12.6. The van der Waals surface area contributed by atoms with Crippen LogP contribution < -0.4 is 5.32 Å². The summed E-state index contributed by atoms with van der Waals surface area (Å²) < 4.78 is 0.724. The number of rotatable bonds is 3. The summed E-state index contributed by atoms with van der Waals surface area (Å²) in [6.07, 6.45) is 0. The Morgan fingerprint density at radius 2 is 1.95 bits per heavy atom. The Bertz CT molecular complexity index is 617. The summed E-state index contributed by atoms with van der Waals surface area (Å²) in [5.74, 6) is -0.746. The molecule has 1 heterocycles. The molecule has 1 aromatic rings. The van der Waals surface area contributed by atoms with Crippen LogP contribution in [0.2, 0.25) is 0 Å². The van der Waals surface area contributed by atoms with E-state index in [4.69, 9.17) is 0 Å². The van der Waals surface area contributed by atoms with Gasteiger partial charge in [-0.2, -0.15) is 0 Å². The number of nitrogens with zero attached hydrogens (tertiary/aromatic N) is 2. The van der Waals surface area contributed by atoms with Gasteiger partial charge in [-0.1, -0.05) is 34.1 Å². The van der Waals surface area contributed by atoms with Crippen LogP contribution in [0.3, 0.4) is 0 Å². The highest BCUT2D eigenvalue weighted by molar-refractivity contribution is 9.10. The van der Waals surface area contributed by atoms with Gasteiger partial charge in [0, 0.05) is 24.1 Å². The molecule has 0 spiro atoms.